The van der Waals surface area contributed by atoms with Gasteiger partial charge in [-0.25, -0.2) is 0 Å². The van der Waals surface area contributed by atoms with Gasteiger partial charge in [0.05, 0.1) is 19.8 Å². The van der Waals surface area contributed by atoms with E-state index < -0.39 is 0 Å². The summed E-state index contributed by atoms with van der Waals surface area (Å²) in [4.78, 5) is 11.7. The zero-order valence-electron chi connectivity index (χ0n) is 9.56. The molecule has 0 radical (unpaired) electrons. The van der Waals surface area contributed by atoms with E-state index in [0.717, 1.165) is 19.6 Å². The van der Waals surface area contributed by atoms with Crippen molar-refractivity contribution in [1.29, 1.82) is 0 Å². The van der Waals surface area contributed by atoms with Crippen LogP contribution in [0.1, 0.15) is 13.3 Å². The third-order valence-electron chi connectivity index (χ3n) is 2.31. The lowest BCUT2D eigenvalue weighted by Crippen LogP contribution is -2.13. The highest BCUT2D eigenvalue weighted by Crippen LogP contribution is 2.16. The van der Waals surface area contributed by atoms with Gasteiger partial charge in [0.1, 0.15) is 0 Å². The molecule has 17 heavy (non-hydrogen) atoms. The maximum atomic E-state index is 5.73. The molecule has 2 heterocycles. The maximum Gasteiger partial charge on any atom is 0.323 e. The summed E-state index contributed by atoms with van der Waals surface area (Å²) in [6, 6.07) is 0.380. The maximum absolute atomic E-state index is 5.73. The Hall–Kier alpha value is -1.14. The molecule has 0 spiro atoms. The fraction of sp³-hybridized carbons (Fsp3) is 0.700. The average Bonchev–Trinajstić information content (AvgIpc) is 2.79. The van der Waals surface area contributed by atoms with Crippen LogP contribution in [0.2, 0.25) is 5.28 Å². The number of rotatable bonds is 5. The lowest BCUT2D eigenvalue weighted by molar-refractivity contribution is 0.162. The van der Waals surface area contributed by atoms with E-state index in [1.165, 1.54) is 0 Å². The van der Waals surface area contributed by atoms with Gasteiger partial charge < -0.3 is 14.2 Å². The molecule has 1 aliphatic rings. The minimum Gasteiger partial charge on any atom is -0.464 e. The van der Waals surface area contributed by atoms with Crippen LogP contribution in [0.4, 0.5) is 0 Å². The van der Waals surface area contributed by atoms with Gasteiger partial charge >= 0.3 is 12.0 Å². The van der Waals surface area contributed by atoms with Crippen LogP contribution in [0, 0.1) is 5.92 Å². The van der Waals surface area contributed by atoms with E-state index >= 15 is 0 Å². The van der Waals surface area contributed by atoms with E-state index in [1.54, 1.807) is 0 Å². The van der Waals surface area contributed by atoms with Crippen molar-refractivity contribution in [3.63, 3.8) is 0 Å². The van der Waals surface area contributed by atoms with Gasteiger partial charge in [0, 0.05) is 12.5 Å². The van der Waals surface area contributed by atoms with Crippen LogP contribution in [0.15, 0.2) is 0 Å². The van der Waals surface area contributed by atoms with Crippen molar-refractivity contribution in [3.8, 4) is 12.0 Å². The van der Waals surface area contributed by atoms with Crippen LogP contribution in [-0.4, -0.2) is 41.4 Å². The van der Waals surface area contributed by atoms with E-state index in [1.807, 2.05) is 6.92 Å². The zero-order valence-corrected chi connectivity index (χ0v) is 10.3. The normalized spacial score (nSPS) is 19.3. The van der Waals surface area contributed by atoms with Gasteiger partial charge in [-0.3, -0.25) is 0 Å². The molecule has 1 unspecified atom stereocenters. The van der Waals surface area contributed by atoms with Crippen molar-refractivity contribution in [3.05, 3.63) is 5.28 Å². The number of hydrogen-bond acceptors (Lipinski definition) is 6. The lowest BCUT2D eigenvalue weighted by Gasteiger charge is -2.09. The van der Waals surface area contributed by atoms with Crippen LogP contribution in [0.3, 0.4) is 0 Å². The molecule has 0 aliphatic carbocycles. The fourth-order valence-electron chi connectivity index (χ4n) is 1.48. The quantitative estimate of drug-likeness (QED) is 0.795. The number of aromatic nitrogens is 3. The summed E-state index contributed by atoms with van der Waals surface area (Å²) in [7, 11) is 0. The molecule has 1 atom stereocenters. The first-order valence-electron chi connectivity index (χ1n) is 5.53. The molecule has 7 heteroatoms. The number of nitrogens with zero attached hydrogens (tertiary/aromatic N) is 3. The van der Waals surface area contributed by atoms with Gasteiger partial charge in [-0.1, -0.05) is 0 Å². The minimum absolute atomic E-state index is 0.0705. The molecule has 0 bridgehead atoms. The van der Waals surface area contributed by atoms with Crippen LogP contribution >= 0.6 is 11.6 Å². The molecule has 94 valence electrons. The summed E-state index contributed by atoms with van der Waals surface area (Å²) in [5.74, 6) is 0.390. The molecule has 6 nitrogen and oxygen atoms in total. The molecule has 2 rings (SSSR count). The summed E-state index contributed by atoms with van der Waals surface area (Å²) in [5, 5.41) is 0.0705. The zero-order chi connectivity index (χ0) is 12.1. The summed E-state index contributed by atoms with van der Waals surface area (Å²) in [5.41, 5.74) is 0. The Morgan fingerprint density at radius 1 is 1.29 bits per heavy atom. The Morgan fingerprint density at radius 2 is 2.06 bits per heavy atom. The summed E-state index contributed by atoms with van der Waals surface area (Å²) >= 11 is 5.73. The van der Waals surface area contributed by atoms with Crippen molar-refractivity contribution < 1.29 is 14.2 Å². The van der Waals surface area contributed by atoms with E-state index in [-0.39, 0.29) is 17.3 Å². The van der Waals surface area contributed by atoms with Crippen molar-refractivity contribution in [2.45, 2.75) is 13.3 Å². The molecule has 1 aromatic heterocycles. The van der Waals surface area contributed by atoms with Gasteiger partial charge in [0.25, 0.3) is 0 Å². The van der Waals surface area contributed by atoms with Crippen LogP contribution in [0.25, 0.3) is 0 Å². The first-order chi connectivity index (χ1) is 8.28. The summed E-state index contributed by atoms with van der Waals surface area (Å²) in [6.45, 7) is 4.34. The van der Waals surface area contributed by atoms with Crippen LogP contribution in [0.5, 0.6) is 12.0 Å². The molecule has 0 amide bonds. The number of ether oxygens (including phenoxy) is 3. The predicted molar refractivity (Wildman–Crippen MR) is 60.4 cm³/mol. The van der Waals surface area contributed by atoms with E-state index in [9.17, 15) is 0 Å². The molecule has 1 aromatic rings. The molecule has 1 saturated heterocycles. The SMILES string of the molecule is CCOc1nc(Cl)nc(OCC2CCOC2)n1. The highest BCUT2D eigenvalue weighted by Gasteiger charge is 2.17. The van der Waals surface area contributed by atoms with Gasteiger partial charge in [-0.15, -0.1) is 4.98 Å². The molecule has 1 aliphatic heterocycles. The number of hydrogen-bond donors (Lipinski definition) is 0. The van der Waals surface area contributed by atoms with E-state index in [2.05, 4.69) is 15.0 Å². The molecular weight excluding hydrogens is 246 g/mol. The second kappa shape index (κ2) is 5.97. The summed E-state index contributed by atoms with van der Waals surface area (Å²) < 4.78 is 15.8. The first kappa shape index (κ1) is 12.3. The smallest absolute Gasteiger partial charge is 0.323 e. The summed E-state index contributed by atoms with van der Waals surface area (Å²) in [6.07, 6.45) is 0.997. The molecule has 0 aromatic carbocycles. The Labute approximate surface area is 104 Å². The van der Waals surface area contributed by atoms with Gasteiger partial charge in [0.15, 0.2) is 0 Å². The van der Waals surface area contributed by atoms with Crippen LogP contribution in [-0.2, 0) is 4.74 Å². The molecular formula is C10H14ClN3O3. The van der Waals surface area contributed by atoms with Gasteiger partial charge in [-0.2, -0.15) is 9.97 Å². The second-order valence-corrected chi connectivity index (χ2v) is 3.98. The Kier molecular flexibility index (Phi) is 4.33. The van der Waals surface area contributed by atoms with Gasteiger partial charge in [0.2, 0.25) is 5.28 Å². The largest absolute Gasteiger partial charge is 0.464 e. The predicted octanol–water partition coefficient (Wildman–Crippen LogP) is 1.34. The highest BCUT2D eigenvalue weighted by atomic mass is 35.5. The highest BCUT2D eigenvalue weighted by molar-refractivity contribution is 6.28. The topological polar surface area (TPSA) is 66.4 Å². The minimum atomic E-state index is 0.0705. The lowest BCUT2D eigenvalue weighted by atomic mass is 10.1. The van der Waals surface area contributed by atoms with Gasteiger partial charge in [-0.05, 0) is 24.9 Å². The van der Waals surface area contributed by atoms with Crippen molar-refractivity contribution in [1.82, 2.24) is 15.0 Å². The van der Waals surface area contributed by atoms with E-state index in [0.29, 0.717) is 19.1 Å². The Morgan fingerprint density at radius 3 is 2.71 bits per heavy atom. The Bertz CT molecular complexity index is 372. The molecule has 0 saturated carbocycles. The van der Waals surface area contributed by atoms with E-state index in [4.69, 9.17) is 25.8 Å². The Balaban J connectivity index is 1.94. The molecule has 0 N–H and O–H groups in total. The van der Waals surface area contributed by atoms with Crippen molar-refractivity contribution in [2.24, 2.45) is 5.92 Å². The average molecular weight is 260 g/mol. The fourth-order valence-corrected chi connectivity index (χ4v) is 1.62. The standard InChI is InChI=1S/C10H14ClN3O3/c1-2-16-9-12-8(11)13-10(14-9)17-6-7-3-4-15-5-7/h7H,2-6H2,1H3. The number of halogens is 1. The third-order valence-corrected chi connectivity index (χ3v) is 2.48. The molecule has 1 fully saturated rings. The monoisotopic (exact) mass is 259 g/mol. The van der Waals surface area contributed by atoms with Crippen LogP contribution < -0.4 is 9.47 Å². The first-order valence-corrected chi connectivity index (χ1v) is 5.90. The van der Waals surface area contributed by atoms with Crippen molar-refractivity contribution >= 4 is 11.6 Å². The van der Waals surface area contributed by atoms with Crippen molar-refractivity contribution in [2.75, 3.05) is 26.4 Å². The second-order valence-electron chi connectivity index (χ2n) is 3.64. The third kappa shape index (κ3) is 3.67.